The molecule has 0 unspecified atom stereocenters. The van der Waals surface area contributed by atoms with E-state index in [1.54, 1.807) is 49.6 Å². The topological polar surface area (TPSA) is 96.0 Å². The van der Waals surface area contributed by atoms with Gasteiger partial charge in [-0.15, -0.1) is 0 Å². The number of nitrogens with one attached hydrogen (secondary N) is 1. The molecule has 0 aliphatic heterocycles. The molecule has 2 amide bonds. The molecular formula is C30H36ClN3O5S. The van der Waals surface area contributed by atoms with Gasteiger partial charge in [-0.05, 0) is 75.2 Å². The van der Waals surface area contributed by atoms with Gasteiger partial charge in [0.15, 0.2) is 0 Å². The van der Waals surface area contributed by atoms with Gasteiger partial charge in [0.2, 0.25) is 11.8 Å². The Hall–Kier alpha value is -3.56. The van der Waals surface area contributed by atoms with E-state index in [0.717, 1.165) is 15.4 Å². The predicted octanol–water partition coefficient (Wildman–Crippen LogP) is 5.18. The van der Waals surface area contributed by atoms with Gasteiger partial charge in [-0.25, -0.2) is 8.42 Å². The molecule has 0 bridgehead atoms. The lowest BCUT2D eigenvalue weighted by Crippen LogP contribution is -2.53. The largest absolute Gasteiger partial charge is 0.497 e. The zero-order chi connectivity index (χ0) is 29.4. The molecule has 0 aliphatic rings. The third kappa shape index (κ3) is 7.76. The first-order valence-corrected chi connectivity index (χ1v) is 14.9. The van der Waals surface area contributed by atoms with Crippen LogP contribution in [0.4, 0.5) is 5.69 Å². The minimum Gasteiger partial charge on any atom is -0.497 e. The Bertz CT molecular complexity index is 1410. The number of ether oxygens (including phenoxy) is 1. The van der Waals surface area contributed by atoms with Crippen molar-refractivity contribution >= 4 is 39.1 Å². The lowest BCUT2D eigenvalue weighted by Gasteiger charge is -2.33. The van der Waals surface area contributed by atoms with Crippen LogP contribution in [0.2, 0.25) is 5.02 Å². The van der Waals surface area contributed by atoms with E-state index in [9.17, 15) is 18.0 Å². The smallest absolute Gasteiger partial charge is 0.264 e. The molecule has 8 nitrogen and oxygen atoms in total. The normalized spacial score (nSPS) is 12.1. The van der Waals surface area contributed by atoms with Gasteiger partial charge >= 0.3 is 0 Å². The molecule has 3 aromatic rings. The van der Waals surface area contributed by atoms with Gasteiger partial charge in [0.05, 0.1) is 17.7 Å². The molecule has 0 heterocycles. The molecule has 0 saturated heterocycles. The van der Waals surface area contributed by atoms with Crippen molar-refractivity contribution in [2.75, 3.05) is 18.0 Å². The summed E-state index contributed by atoms with van der Waals surface area (Å²) in [4.78, 5) is 28.7. The molecule has 0 saturated carbocycles. The molecule has 1 atom stereocenters. The van der Waals surface area contributed by atoms with Gasteiger partial charge in [-0.3, -0.25) is 13.9 Å². The van der Waals surface area contributed by atoms with Gasteiger partial charge in [-0.1, -0.05) is 54.4 Å². The van der Waals surface area contributed by atoms with E-state index in [1.165, 1.54) is 23.1 Å². The van der Waals surface area contributed by atoms with Crippen LogP contribution in [0, 0.1) is 6.92 Å². The zero-order valence-corrected chi connectivity index (χ0v) is 25.0. The Balaban J connectivity index is 2.06. The van der Waals surface area contributed by atoms with Crippen LogP contribution in [0.15, 0.2) is 77.7 Å². The Morgan fingerprint density at radius 3 is 2.20 bits per heavy atom. The lowest BCUT2D eigenvalue weighted by atomic mass is 10.1. The van der Waals surface area contributed by atoms with E-state index in [4.69, 9.17) is 16.3 Å². The SMILES string of the molecule is CC[C@@H](C(=O)NC(C)C)N(Cc1ccc(OC)cc1)C(=O)CN(c1cccc(Cl)c1)S(=O)(=O)c1ccc(C)cc1. The van der Waals surface area contributed by atoms with Crippen molar-refractivity contribution < 1.29 is 22.7 Å². The molecule has 40 heavy (non-hydrogen) atoms. The second-order valence-corrected chi connectivity index (χ2v) is 12.1. The number of sulfonamides is 1. The number of nitrogens with zero attached hydrogens (tertiary/aromatic N) is 2. The number of anilines is 1. The summed E-state index contributed by atoms with van der Waals surface area (Å²) in [6, 6.07) is 19.0. The van der Waals surface area contributed by atoms with Crippen LogP contribution in [-0.2, 0) is 26.2 Å². The van der Waals surface area contributed by atoms with Crippen molar-refractivity contribution in [3.05, 3.63) is 88.9 Å². The minimum absolute atomic E-state index is 0.0390. The van der Waals surface area contributed by atoms with E-state index in [1.807, 2.05) is 39.8 Å². The highest BCUT2D eigenvalue weighted by Gasteiger charge is 2.34. The number of halogens is 1. The highest BCUT2D eigenvalue weighted by atomic mass is 35.5. The first kappa shape index (κ1) is 31.0. The first-order chi connectivity index (χ1) is 19.0. The number of carbonyl (C=O) groups is 2. The minimum atomic E-state index is -4.16. The highest BCUT2D eigenvalue weighted by Crippen LogP contribution is 2.27. The summed E-state index contributed by atoms with van der Waals surface area (Å²) in [7, 11) is -2.60. The van der Waals surface area contributed by atoms with E-state index in [-0.39, 0.29) is 29.1 Å². The highest BCUT2D eigenvalue weighted by molar-refractivity contribution is 7.92. The third-order valence-electron chi connectivity index (χ3n) is 6.31. The van der Waals surface area contributed by atoms with Gasteiger partial charge < -0.3 is 15.0 Å². The summed E-state index contributed by atoms with van der Waals surface area (Å²) in [5, 5.41) is 3.21. The first-order valence-electron chi connectivity index (χ1n) is 13.0. The Labute approximate surface area is 241 Å². The van der Waals surface area contributed by atoms with E-state index in [2.05, 4.69) is 5.32 Å². The number of benzene rings is 3. The van der Waals surface area contributed by atoms with Crippen molar-refractivity contribution in [1.29, 1.82) is 0 Å². The molecule has 1 N–H and O–H groups in total. The number of carbonyl (C=O) groups excluding carboxylic acids is 2. The van der Waals surface area contributed by atoms with Gasteiger partial charge in [-0.2, -0.15) is 0 Å². The van der Waals surface area contributed by atoms with Crippen LogP contribution < -0.4 is 14.4 Å². The summed E-state index contributed by atoms with van der Waals surface area (Å²) in [5.41, 5.74) is 1.91. The van der Waals surface area contributed by atoms with Crippen molar-refractivity contribution in [2.45, 2.75) is 57.6 Å². The van der Waals surface area contributed by atoms with Crippen LogP contribution >= 0.6 is 11.6 Å². The number of hydrogen-bond donors (Lipinski definition) is 1. The fourth-order valence-electron chi connectivity index (χ4n) is 4.23. The molecular weight excluding hydrogens is 550 g/mol. The number of amides is 2. The van der Waals surface area contributed by atoms with Gasteiger partial charge in [0.1, 0.15) is 18.3 Å². The van der Waals surface area contributed by atoms with Crippen molar-refractivity contribution in [2.24, 2.45) is 0 Å². The molecule has 10 heteroatoms. The maximum absolute atomic E-state index is 14.0. The molecule has 0 radical (unpaired) electrons. The maximum atomic E-state index is 14.0. The summed E-state index contributed by atoms with van der Waals surface area (Å²) < 4.78 is 34.0. The number of methoxy groups -OCH3 is 1. The Kier molecular flexibility index (Phi) is 10.6. The second-order valence-electron chi connectivity index (χ2n) is 9.76. The van der Waals surface area contributed by atoms with Crippen molar-refractivity contribution in [1.82, 2.24) is 10.2 Å². The van der Waals surface area contributed by atoms with Crippen LogP contribution in [0.3, 0.4) is 0 Å². The predicted molar refractivity (Wildman–Crippen MR) is 158 cm³/mol. The van der Waals surface area contributed by atoms with Gasteiger partial charge in [0.25, 0.3) is 10.0 Å². The summed E-state index contributed by atoms with van der Waals surface area (Å²) in [6.07, 6.45) is 0.336. The second kappa shape index (κ2) is 13.7. The van der Waals surface area contributed by atoms with E-state index < -0.39 is 28.5 Å². The Morgan fingerprint density at radius 1 is 1.00 bits per heavy atom. The average molecular weight is 586 g/mol. The molecule has 0 spiro atoms. The van der Waals surface area contributed by atoms with Crippen LogP contribution in [0.5, 0.6) is 5.75 Å². The van der Waals surface area contributed by atoms with Crippen LogP contribution in [0.1, 0.15) is 38.3 Å². The summed E-state index contributed by atoms with van der Waals surface area (Å²) in [6.45, 7) is 6.93. The average Bonchev–Trinajstić information content (AvgIpc) is 2.91. The molecule has 3 rings (SSSR count). The molecule has 0 aliphatic carbocycles. The standard InChI is InChI=1S/C30H36ClN3O5S/c1-6-28(30(36)32-21(2)3)33(19-23-12-14-26(39-5)15-13-23)29(35)20-34(25-9-7-8-24(31)18-25)40(37,38)27-16-10-22(4)11-17-27/h7-18,21,28H,6,19-20H2,1-5H3,(H,32,36)/t28-/m0/s1. The summed E-state index contributed by atoms with van der Waals surface area (Å²) in [5.74, 6) is -0.185. The Morgan fingerprint density at radius 2 is 1.65 bits per heavy atom. The quantitative estimate of drug-likeness (QED) is 0.316. The van der Waals surface area contributed by atoms with E-state index >= 15 is 0 Å². The zero-order valence-electron chi connectivity index (χ0n) is 23.4. The fraction of sp³-hybridized carbons (Fsp3) is 0.333. The monoisotopic (exact) mass is 585 g/mol. The summed E-state index contributed by atoms with van der Waals surface area (Å²) >= 11 is 6.22. The molecule has 214 valence electrons. The third-order valence-corrected chi connectivity index (χ3v) is 8.34. The maximum Gasteiger partial charge on any atom is 0.264 e. The van der Waals surface area contributed by atoms with Gasteiger partial charge in [0, 0.05) is 17.6 Å². The lowest BCUT2D eigenvalue weighted by molar-refractivity contribution is -0.140. The molecule has 0 aromatic heterocycles. The van der Waals surface area contributed by atoms with Crippen molar-refractivity contribution in [3.8, 4) is 5.75 Å². The van der Waals surface area contributed by atoms with Crippen molar-refractivity contribution in [3.63, 3.8) is 0 Å². The van der Waals surface area contributed by atoms with Crippen LogP contribution in [-0.4, -0.2) is 50.9 Å². The van der Waals surface area contributed by atoms with E-state index in [0.29, 0.717) is 17.2 Å². The number of hydrogen-bond acceptors (Lipinski definition) is 5. The molecule has 3 aromatic carbocycles. The fourth-order valence-corrected chi connectivity index (χ4v) is 5.82. The number of aryl methyl sites for hydroxylation is 1. The molecule has 0 fully saturated rings. The number of rotatable bonds is 12. The van der Waals surface area contributed by atoms with Crippen LogP contribution in [0.25, 0.3) is 0 Å².